The number of rotatable bonds is 3. The molecule has 1 rings (SSSR count). The van der Waals surface area contributed by atoms with Crippen molar-refractivity contribution in [1.29, 1.82) is 0 Å². The van der Waals surface area contributed by atoms with E-state index in [0.717, 1.165) is 12.3 Å². The molecule has 0 aliphatic rings. The van der Waals surface area contributed by atoms with Crippen LogP contribution in [0.1, 0.15) is 10.4 Å². The highest BCUT2D eigenvalue weighted by Gasteiger charge is 2.11. The lowest BCUT2D eigenvalue weighted by atomic mass is 10.2. The highest BCUT2D eigenvalue weighted by Crippen LogP contribution is 2.23. The summed E-state index contributed by atoms with van der Waals surface area (Å²) in [5.74, 6) is -0.647. The zero-order valence-corrected chi connectivity index (χ0v) is 10.0. The second-order valence-corrected chi connectivity index (χ2v) is 5.45. The van der Waals surface area contributed by atoms with Crippen molar-refractivity contribution in [3.63, 3.8) is 0 Å². The number of sulfonamides is 1. The van der Waals surface area contributed by atoms with Gasteiger partial charge in [-0.1, -0.05) is 0 Å². The Bertz CT molecular complexity index is 501. The van der Waals surface area contributed by atoms with E-state index in [0.29, 0.717) is 6.29 Å². The molecule has 0 aliphatic heterocycles. The maximum absolute atomic E-state index is 13.1. The van der Waals surface area contributed by atoms with Gasteiger partial charge in [0.25, 0.3) is 0 Å². The van der Waals surface area contributed by atoms with Crippen LogP contribution in [0, 0.1) is 5.82 Å². The minimum Gasteiger partial charge on any atom is -0.298 e. The van der Waals surface area contributed by atoms with E-state index >= 15 is 0 Å². The van der Waals surface area contributed by atoms with Crippen LogP contribution in [0.2, 0.25) is 0 Å². The molecule has 1 aromatic carbocycles. The Labute approximate surface area is 94.7 Å². The zero-order valence-electron chi connectivity index (χ0n) is 7.62. The molecule has 15 heavy (non-hydrogen) atoms. The molecule has 0 amide bonds. The van der Waals surface area contributed by atoms with Crippen LogP contribution < -0.4 is 4.72 Å². The fourth-order valence-corrected chi connectivity index (χ4v) is 1.89. The monoisotopic (exact) mass is 295 g/mol. The Balaban J connectivity index is 3.28. The third-order valence-electron chi connectivity index (χ3n) is 1.51. The van der Waals surface area contributed by atoms with Crippen LogP contribution in [-0.4, -0.2) is 21.0 Å². The molecular formula is C8H7BrFNO3S. The van der Waals surface area contributed by atoms with Gasteiger partial charge in [0, 0.05) is 5.56 Å². The van der Waals surface area contributed by atoms with E-state index in [1.807, 2.05) is 4.72 Å². The Morgan fingerprint density at radius 1 is 1.47 bits per heavy atom. The highest BCUT2D eigenvalue weighted by atomic mass is 79.9. The van der Waals surface area contributed by atoms with E-state index in [1.165, 1.54) is 6.07 Å². The van der Waals surface area contributed by atoms with Gasteiger partial charge in [0.15, 0.2) is 6.29 Å². The molecule has 0 bridgehead atoms. The standard InChI is InChI=1S/C8H7BrFNO3S/c1-15(13,14)11-8-3-7(10)6(9)2-5(8)4-12/h2-4,11H,1H3. The number of benzene rings is 1. The maximum Gasteiger partial charge on any atom is 0.229 e. The lowest BCUT2D eigenvalue weighted by Crippen LogP contribution is -2.11. The summed E-state index contributed by atoms with van der Waals surface area (Å²) in [4.78, 5) is 10.6. The molecule has 0 saturated heterocycles. The third kappa shape index (κ3) is 3.28. The highest BCUT2D eigenvalue weighted by molar-refractivity contribution is 9.10. The number of aldehydes is 1. The molecule has 0 aromatic heterocycles. The van der Waals surface area contributed by atoms with Crippen molar-refractivity contribution >= 4 is 37.9 Å². The van der Waals surface area contributed by atoms with Crippen molar-refractivity contribution in [1.82, 2.24) is 0 Å². The molecule has 0 aliphatic carbocycles. The van der Waals surface area contributed by atoms with Crippen LogP contribution in [0.25, 0.3) is 0 Å². The van der Waals surface area contributed by atoms with Gasteiger partial charge in [0.05, 0.1) is 16.4 Å². The molecule has 0 saturated carbocycles. The van der Waals surface area contributed by atoms with E-state index in [4.69, 9.17) is 0 Å². The summed E-state index contributed by atoms with van der Waals surface area (Å²) in [6.07, 6.45) is 1.36. The van der Waals surface area contributed by atoms with Gasteiger partial charge in [0.1, 0.15) is 5.82 Å². The predicted octanol–water partition coefficient (Wildman–Crippen LogP) is 1.77. The van der Waals surface area contributed by atoms with Crippen LogP contribution in [0.15, 0.2) is 16.6 Å². The molecule has 1 aromatic rings. The molecular weight excluding hydrogens is 289 g/mol. The molecule has 0 atom stereocenters. The van der Waals surface area contributed by atoms with Gasteiger partial charge in [0.2, 0.25) is 10.0 Å². The van der Waals surface area contributed by atoms with Crippen molar-refractivity contribution in [2.45, 2.75) is 0 Å². The van der Waals surface area contributed by atoms with E-state index in [9.17, 15) is 17.6 Å². The minimum absolute atomic E-state index is 0.0636. The quantitative estimate of drug-likeness (QED) is 0.865. The SMILES string of the molecule is CS(=O)(=O)Nc1cc(F)c(Br)cc1C=O. The van der Waals surface area contributed by atoms with E-state index in [1.54, 1.807) is 0 Å². The smallest absolute Gasteiger partial charge is 0.229 e. The van der Waals surface area contributed by atoms with Crippen molar-refractivity contribution in [3.05, 3.63) is 28.0 Å². The summed E-state index contributed by atoms with van der Waals surface area (Å²) in [6.45, 7) is 0. The Morgan fingerprint density at radius 3 is 2.53 bits per heavy atom. The number of carbonyl (C=O) groups is 1. The first-order valence-corrected chi connectivity index (χ1v) is 6.44. The minimum atomic E-state index is -3.53. The van der Waals surface area contributed by atoms with Crippen LogP contribution in [0.4, 0.5) is 10.1 Å². The summed E-state index contributed by atoms with van der Waals surface area (Å²) in [5, 5.41) is 0. The molecule has 0 heterocycles. The molecule has 82 valence electrons. The molecule has 7 heteroatoms. The summed E-state index contributed by atoms with van der Waals surface area (Å²) >= 11 is 2.89. The number of carbonyl (C=O) groups excluding carboxylic acids is 1. The summed E-state index contributed by atoms with van der Waals surface area (Å²) in [5.41, 5.74) is -0.0121. The van der Waals surface area contributed by atoms with E-state index in [-0.39, 0.29) is 15.7 Å². The number of halogens is 2. The fraction of sp³-hybridized carbons (Fsp3) is 0.125. The Hall–Kier alpha value is -0.950. The van der Waals surface area contributed by atoms with Gasteiger partial charge >= 0.3 is 0 Å². The topological polar surface area (TPSA) is 63.2 Å². The Kier molecular flexibility index (Phi) is 3.46. The van der Waals surface area contributed by atoms with Crippen LogP contribution in [-0.2, 0) is 10.0 Å². The lowest BCUT2D eigenvalue weighted by Gasteiger charge is -2.07. The first-order valence-electron chi connectivity index (χ1n) is 3.75. The zero-order chi connectivity index (χ0) is 11.6. The van der Waals surface area contributed by atoms with Crippen LogP contribution >= 0.6 is 15.9 Å². The molecule has 1 N–H and O–H groups in total. The molecule has 0 radical (unpaired) electrons. The number of nitrogens with one attached hydrogen (secondary N) is 1. The largest absolute Gasteiger partial charge is 0.298 e. The van der Waals surface area contributed by atoms with Gasteiger partial charge in [-0.05, 0) is 28.1 Å². The molecule has 0 fully saturated rings. The van der Waals surface area contributed by atoms with Crippen molar-refractivity contribution in [2.75, 3.05) is 11.0 Å². The molecule has 0 unspecified atom stereocenters. The van der Waals surface area contributed by atoms with Gasteiger partial charge in [-0.25, -0.2) is 12.8 Å². The predicted molar refractivity (Wildman–Crippen MR) is 58.0 cm³/mol. The summed E-state index contributed by atoms with van der Waals surface area (Å²) in [7, 11) is -3.53. The van der Waals surface area contributed by atoms with Gasteiger partial charge in [-0.3, -0.25) is 9.52 Å². The first kappa shape index (κ1) is 12.1. The van der Waals surface area contributed by atoms with E-state index in [2.05, 4.69) is 15.9 Å². The fourth-order valence-electron chi connectivity index (χ4n) is 0.948. The maximum atomic E-state index is 13.1. The van der Waals surface area contributed by atoms with Gasteiger partial charge < -0.3 is 0 Å². The van der Waals surface area contributed by atoms with Gasteiger partial charge in [-0.15, -0.1) is 0 Å². The normalized spacial score (nSPS) is 11.1. The number of hydrogen-bond acceptors (Lipinski definition) is 3. The molecule has 4 nitrogen and oxygen atoms in total. The van der Waals surface area contributed by atoms with Gasteiger partial charge in [-0.2, -0.15) is 0 Å². The Morgan fingerprint density at radius 2 is 2.07 bits per heavy atom. The van der Waals surface area contributed by atoms with Crippen LogP contribution in [0.3, 0.4) is 0 Å². The average molecular weight is 296 g/mol. The average Bonchev–Trinajstić information content (AvgIpc) is 2.08. The summed E-state index contributed by atoms with van der Waals surface area (Å²) < 4.78 is 37.0. The van der Waals surface area contributed by atoms with Crippen molar-refractivity contribution in [2.24, 2.45) is 0 Å². The van der Waals surface area contributed by atoms with Crippen LogP contribution in [0.5, 0.6) is 0 Å². The number of hydrogen-bond donors (Lipinski definition) is 1. The second kappa shape index (κ2) is 4.28. The first-order chi connectivity index (χ1) is 6.83. The third-order valence-corrected chi connectivity index (χ3v) is 2.71. The lowest BCUT2D eigenvalue weighted by molar-refractivity contribution is 0.112. The summed E-state index contributed by atoms with van der Waals surface area (Å²) in [6, 6.07) is 2.14. The van der Waals surface area contributed by atoms with Crippen molar-refractivity contribution < 1.29 is 17.6 Å². The number of anilines is 1. The molecule has 0 spiro atoms. The van der Waals surface area contributed by atoms with E-state index < -0.39 is 15.8 Å². The van der Waals surface area contributed by atoms with Crippen molar-refractivity contribution in [3.8, 4) is 0 Å². The second-order valence-electron chi connectivity index (χ2n) is 2.85.